The Bertz CT molecular complexity index is 558. The fourth-order valence-electron chi connectivity index (χ4n) is 1.83. The first kappa shape index (κ1) is 10.0. The molecule has 2 heterocycles. The molecule has 0 unspecified atom stereocenters. The molecule has 0 fully saturated rings. The Morgan fingerprint density at radius 2 is 2.06 bits per heavy atom. The molecule has 1 aliphatic rings. The van der Waals surface area contributed by atoms with E-state index in [2.05, 4.69) is 25.2 Å². The normalized spacial score (nSPS) is 14.8. The number of hydrogen-bond donors (Lipinski definition) is 0. The van der Waals surface area contributed by atoms with Gasteiger partial charge in [-0.2, -0.15) is 0 Å². The second-order valence-electron chi connectivity index (χ2n) is 3.65. The van der Waals surface area contributed by atoms with Crippen molar-refractivity contribution >= 4 is 15.6 Å². The monoisotopic (exact) mass is 281 g/mol. The number of ether oxygens (including phenoxy) is 1. The van der Waals surface area contributed by atoms with Crippen LogP contribution in [0, 0.1) is 4.32 Å². The first-order chi connectivity index (χ1) is 7.86. The van der Waals surface area contributed by atoms with Crippen LogP contribution in [0.25, 0.3) is 5.69 Å². The molecule has 1 aromatic carbocycles. The average Bonchev–Trinajstić information content (AvgIpc) is 2.69. The number of benzene rings is 1. The fourth-order valence-corrected chi connectivity index (χ4v) is 2.54. The van der Waals surface area contributed by atoms with Gasteiger partial charge in [-0.25, -0.2) is 0 Å². The van der Waals surface area contributed by atoms with Crippen molar-refractivity contribution in [3.05, 3.63) is 40.5 Å². The van der Waals surface area contributed by atoms with E-state index in [1.807, 2.05) is 35.0 Å². The third-order valence-electron chi connectivity index (χ3n) is 2.63. The van der Waals surface area contributed by atoms with Gasteiger partial charge in [-0.1, -0.05) is 0 Å². The van der Waals surface area contributed by atoms with Crippen LogP contribution in [-0.4, -0.2) is 36.5 Å². The maximum atomic E-state index is 5.39. The van der Waals surface area contributed by atoms with E-state index >= 15 is 0 Å². The Morgan fingerprint density at radius 1 is 1.25 bits per heavy atom. The second-order valence-corrected chi connectivity index (χ2v) is 4.42. The van der Waals surface area contributed by atoms with E-state index in [-0.39, 0.29) is 0 Å². The molecule has 1 aromatic heterocycles. The zero-order chi connectivity index (χ0) is 11.0. The zero-order valence-electron chi connectivity index (χ0n) is 8.67. The van der Waals surface area contributed by atoms with Crippen LogP contribution in [0.1, 0.15) is 5.82 Å². The Hall–Kier alpha value is -1.16. The second kappa shape index (κ2) is 4.01. The van der Waals surface area contributed by atoms with Crippen molar-refractivity contribution in [1.82, 2.24) is 14.3 Å². The summed E-state index contributed by atoms with van der Waals surface area (Å²) in [7, 11) is 0. The summed E-state index contributed by atoms with van der Waals surface area (Å²) in [6.07, 6.45) is 0. The molecule has 0 N–H and O–H groups in total. The molecule has 1 aliphatic heterocycles. The van der Waals surface area contributed by atoms with E-state index in [4.69, 9.17) is 4.74 Å². The van der Waals surface area contributed by atoms with Crippen molar-refractivity contribution in [3.63, 3.8) is 0 Å². The van der Waals surface area contributed by atoms with Crippen LogP contribution in [0.3, 0.4) is 0 Å². The number of aromatic nitrogens is 3. The maximum absolute atomic E-state index is 5.39. The predicted molar refractivity (Wildman–Crippen MR) is 60.2 cm³/mol. The van der Waals surface area contributed by atoms with Gasteiger partial charge in [0.2, 0.25) is 0 Å². The first-order valence-electron chi connectivity index (χ1n) is 5.18. The van der Waals surface area contributed by atoms with Crippen molar-refractivity contribution in [2.24, 2.45) is 0 Å². The van der Waals surface area contributed by atoms with Crippen molar-refractivity contribution in [3.8, 4) is 5.69 Å². The summed E-state index contributed by atoms with van der Waals surface area (Å²) < 4.78 is 10.5. The topological polar surface area (TPSA) is 32.0 Å². The number of nitrogens with zero attached hydrogens (tertiary/aromatic N) is 3. The van der Waals surface area contributed by atoms with Crippen LogP contribution in [0.5, 0.6) is 0 Å². The molecule has 2 aromatic rings. The van der Waals surface area contributed by atoms with Crippen LogP contribution in [0.2, 0.25) is 0 Å². The molecule has 82 valence electrons. The summed E-state index contributed by atoms with van der Waals surface area (Å²) in [5.41, 5.74) is 1.07. The number of para-hydroxylation sites is 1. The summed E-state index contributed by atoms with van der Waals surface area (Å²) in [5, 5.41) is 4.54. The van der Waals surface area contributed by atoms with Crippen molar-refractivity contribution in [2.45, 2.75) is 13.2 Å². The molecule has 4 nitrogen and oxygen atoms in total. The molecule has 0 saturated heterocycles. The molecule has 16 heavy (non-hydrogen) atoms. The predicted octanol–water partition coefficient (Wildman–Crippen LogP) is 0.904. The van der Waals surface area contributed by atoms with Gasteiger partial charge in [0.1, 0.15) is 0 Å². The van der Waals surface area contributed by atoms with E-state index in [0.29, 0.717) is 6.61 Å². The molecule has 5 heteroatoms. The van der Waals surface area contributed by atoms with E-state index in [1.54, 1.807) is 0 Å². The molecular weight excluding hydrogens is 269 g/mol. The summed E-state index contributed by atoms with van der Waals surface area (Å²) in [5.74, 6) is 0.976. The van der Waals surface area contributed by atoms with Crippen LogP contribution in [0.15, 0.2) is 30.3 Å². The minimum absolute atomic E-state index is 0.592. The van der Waals surface area contributed by atoms with Crippen molar-refractivity contribution < 1.29 is 4.74 Å². The number of rotatable bonds is 1. The van der Waals surface area contributed by atoms with Gasteiger partial charge in [0.05, 0.1) is 0 Å². The molecule has 0 saturated carbocycles. The van der Waals surface area contributed by atoms with Gasteiger partial charge >= 0.3 is 101 Å². The van der Waals surface area contributed by atoms with Crippen LogP contribution in [-0.2, 0) is 17.9 Å². The quantitative estimate of drug-likeness (QED) is 0.727. The number of hydrogen-bond acceptors (Lipinski definition) is 2. The molecule has 0 bridgehead atoms. The van der Waals surface area contributed by atoms with Gasteiger partial charge in [-0.15, -0.1) is 0 Å². The zero-order valence-corrected chi connectivity index (χ0v) is 10.4. The molecule has 0 amide bonds. The SMILES string of the molecule is [Se]=c1n(-c2ccccc2)nc2n1CCOC2. The van der Waals surface area contributed by atoms with Gasteiger partial charge < -0.3 is 0 Å². The standard InChI is InChI=1S/C11H11N3OSe/c16-11-13-6-7-15-8-10(13)12-14(11)9-4-2-1-3-5-9/h1-5H,6-8H2. The van der Waals surface area contributed by atoms with E-state index in [0.717, 1.165) is 29.0 Å². The Morgan fingerprint density at radius 3 is 2.81 bits per heavy atom. The third kappa shape index (κ3) is 1.57. The Labute approximate surface area is 101 Å². The minimum atomic E-state index is 0.592. The molecule has 0 radical (unpaired) electrons. The van der Waals surface area contributed by atoms with E-state index < -0.39 is 0 Å². The molecule has 0 aliphatic carbocycles. The van der Waals surface area contributed by atoms with Gasteiger partial charge in [-0.05, 0) is 0 Å². The van der Waals surface area contributed by atoms with Crippen LogP contribution < -0.4 is 0 Å². The van der Waals surface area contributed by atoms with Gasteiger partial charge in [-0.3, -0.25) is 0 Å². The van der Waals surface area contributed by atoms with Crippen LogP contribution >= 0.6 is 0 Å². The molecule has 3 rings (SSSR count). The molecular formula is C11H11N3OSe. The van der Waals surface area contributed by atoms with Gasteiger partial charge in [0.15, 0.2) is 0 Å². The number of fused-ring (bicyclic) bond motifs is 1. The first-order valence-corrected chi connectivity index (χ1v) is 6.04. The summed E-state index contributed by atoms with van der Waals surface area (Å²) >= 11 is 3.09. The summed E-state index contributed by atoms with van der Waals surface area (Å²) in [4.78, 5) is 0. The van der Waals surface area contributed by atoms with Crippen molar-refractivity contribution in [1.29, 1.82) is 0 Å². The van der Waals surface area contributed by atoms with E-state index in [1.165, 1.54) is 0 Å². The summed E-state index contributed by atoms with van der Waals surface area (Å²) in [6.45, 7) is 2.21. The summed E-state index contributed by atoms with van der Waals surface area (Å²) in [6, 6.07) is 10.1. The fraction of sp³-hybridized carbons (Fsp3) is 0.273. The van der Waals surface area contributed by atoms with Crippen LogP contribution in [0.4, 0.5) is 0 Å². The Balaban J connectivity index is 2.16. The van der Waals surface area contributed by atoms with Gasteiger partial charge in [0, 0.05) is 0 Å². The third-order valence-corrected chi connectivity index (χ3v) is 3.46. The van der Waals surface area contributed by atoms with Crippen molar-refractivity contribution in [2.75, 3.05) is 6.61 Å². The average molecular weight is 280 g/mol. The van der Waals surface area contributed by atoms with E-state index in [9.17, 15) is 0 Å². The molecule has 0 spiro atoms. The Kier molecular flexibility index (Phi) is 2.51. The van der Waals surface area contributed by atoms with Gasteiger partial charge in [0.25, 0.3) is 0 Å². The molecule has 0 atom stereocenters.